The monoisotopic (exact) mass is 292 g/mol. The van der Waals surface area contributed by atoms with Crippen LogP contribution >= 0.6 is 0 Å². The molecule has 2 N–H and O–H groups in total. The highest BCUT2D eigenvalue weighted by molar-refractivity contribution is 5.89. The molecule has 0 saturated heterocycles. The summed E-state index contributed by atoms with van der Waals surface area (Å²) in [5.41, 5.74) is 1.85. The first kappa shape index (κ1) is 17.0. The molecule has 0 saturated carbocycles. The van der Waals surface area contributed by atoms with Gasteiger partial charge in [-0.15, -0.1) is 0 Å². The summed E-state index contributed by atoms with van der Waals surface area (Å²) in [4.78, 5) is 23.5. The third-order valence-corrected chi connectivity index (χ3v) is 3.11. The number of carbonyl (C=O) groups is 2. The molecule has 1 aromatic carbocycles. The zero-order chi connectivity index (χ0) is 15.8. The number of methoxy groups -OCH3 is 1. The number of amides is 2. The lowest BCUT2D eigenvalue weighted by atomic mass is 9.97. The summed E-state index contributed by atoms with van der Waals surface area (Å²) in [6.07, 6.45) is 0.678. The van der Waals surface area contributed by atoms with Crippen LogP contribution in [0.3, 0.4) is 0 Å². The van der Waals surface area contributed by atoms with Crippen molar-refractivity contribution in [1.29, 1.82) is 0 Å². The molecule has 116 valence electrons. The molecule has 21 heavy (non-hydrogen) atoms. The molecule has 0 spiro atoms. The second kappa shape index (κ2) is 8.29. The lowest BCUT2D eigenvalue weighted by Crippen LogP contribution is -2.36. The normalized spacial score (nSPS) is 11.9. The zero-order valence-electron chi connectivity index (χ0n) is 13.1. The second-order valence-corrected chi connectivity index (χ2v) is 5.55. The van der Waals surface area contributed by atoms with Crippen LogP contribution in [0.2, 0.25) is 0 Å². The number of urea groups is 1. The van der Waals surface area contributed by atoms with Crippen LogP contribution < -0.4 is 10.6 Å². The lowest BCUT2D eigenvalue weighted by molar-refractivity contribution is -0.145. The van der Waals surface area contributed by atoms with Gasteiger partial charge in [0.05, 0.1) is 13.0 Å². The molecule has 1 rings (SSSR count). The Labute approximate surface area is 126 Å². The summed E-state index contributed by atoms with van der Waals surface area (Å²) < 4.78 is 4.77. The van der Waals surface area contributed by atoms with E-state index in [1.165, 1.54) is 7.11 Å². The van der Waals surface area contributed by atoms with Crippen molar-refractivity contribution < 1.29 is 14.3 Å². The molecule has 0 heterocycles. The largest absolute Gasteiger partial charge is 0.469 e. The van der Waals surface area contributed by atoms with E-state index in [0.29, 0.717) is 12.3 Å². The minimum absolute atomic E-state index is 0.266. The Kier molecular flexibility index (Phi) is 6.72. The number of benzene rings is 1. The third kappa shape index (κ3) is 6.29. The molecule has 5 nitrogen and oxygen atoms in total. The number of carbonyl (C=O) groups excluding carboxylic acids is 2. The molecule has 0 radical (unpaired) electrons. The maximum Gasteiger partial charge on any atom is 0.319 e. The standard InChI is InChI=1S/C16H24N2O3/c1-11(2)9-13(15(19)21-4)10-17-16(20)18-14-7-5-12(3)6-8-14/h5-8,11,13H,9-10H2,1-4H3,(H2,17,18,20). The fourth-order valence-corrected chi connectivity index (χ4v) is 2.03. The number of aryl methyl sites for hydroxylation is 1. The lowest BCUT2D eigenvalue weighted by Gasteiger charge is -2.17. The molecule has 5 heteroatoms. The molecule has 0 aliphatic carbocycles. The van der Waals surface area contributed by atoms with Crippen LogP contribution in [0.25, 0.3) is 0 Å². The van der Waals surface area contributed by atoms with Gasteiger partial charge < -0.3 is 15.4 Å². The first-order valence-corrected chi connectivity index (χ1v) is 7.11. The maximum atomic E-state index is 11.8. The van der Waals surface area contributed by atoms with Gasteiger partial charge in [-0.2, -0.15) is 0 Å². The number of esters is 1. The summed E-state index contributed by atoms with van der Waals surface area (Å²) >= 11 is 0. The quantitative estimate of drug-likeness (QED) is 0.792. The molecule has 0 fully saturated rings. The first-order chi connectivity index (χ1) is 9.92. The van der Waals surface area contributed by atoms with E-state index in [4.69, 9.17) is 4.74 Å². The van der Waals surface area contributed by atoms with Crippen LogP contribution in [-0.2, 0) is 9.53 Å². The van der Waals surface area contributed by atoms with Gasteiger partial charge in [-0.3, -0.25) is 4.79 Å². The van der Waals surface area contributed by atoms with E-state index in [1.807, 2.05) is 45.0 Å². The van der Waals surface area contributed by atoms with Crippen molar-refractivity contribution in [1.82, 2.24) is 5.32 Å². The fourth-order valence-electron chi connectivity index (χ4n) is 2.03. The van der Waals surface area contributed by atoms with Gasteiger partial charge in [0.2, 0.25) is 0 Å². The Hall–Kier alpha value is -2.04. The van der Waals surface area contributed by atoms with Crippen molar-refractivity contribution in [3.8, 4) is 0 Å². The van der Waals surface area contributed by atoms with E-state index in [9.17, 15) is 9.59 Å². The number of nitrogens with one attached hydrogen (secondary N) is 2. The summed E-state index contributed by atoms with van der Waals surface area (Å²) in [5.74, 6) is -0.255. The van der Waals surface area contributed by atoms with Crippen LogP contribution in [0, 0.1) is 18.8 Å². The van der Waals surface area contributed by atoms with Crippen molar-refractivity contribution in [3.63, 3.8) is 0 Å². The van der Waals surface area contributed by atoms with Gasteiger partial charge in [-0.05, 0) is 31.4 Å². The number of hydrogen-bond donors (Lipinski definition) is 2. The molecule has 0 bridgehead atoms. The average Bonchev–Trinajstić information content (AvgIpc) is 2.44. The SMILES string of the molecule is COC(=O)C(CNC(=O)Nc1ccc(C)cc1)CC(C)C. The van der Waals surface area contributed by atoms with E-state index < -0.39 is 0 Å². The number of hydrogen-bond acceptors (Lipinski definition) is 3. The van der Waals surface area contributed by atoms with Crippen molar-refractivity contribution in [2.24, 2.45) is 11.8 Å². The van der Waals surface area contributed by atoms with Crippen LogP contribution in [-0.4, -0.2) is 25.7 Å². The molecule has 1 aromatic rings. The van der Waals surface area contributed by atoms with Crippen molar-refractivity contribution in [2.75, 3.05) is 19.0 Å². The molecule has 0 aromatic heterocycles. The predicted octanol–water partition coefficient (Wildman–Crippen LogP) is 2.95. The van der Waals surface area contributed by atoms with E-state index in [0.717, 1.165) is 11.3 Å². The number of anilines is 1. The Balaban J connectivity index is 2.49. The minimum atomic E-state index is -0.323. The summed E-state index contributed by atoms with van der Waals surface area (Å²) in [7, 11) is 1.36. The highest BCUT2D eigenvalue weighted by atomic mass is 16.5. The van der Waals surface area contributed by atoms with Crippen LogP contribution in [0.15, 0.2) is 24.3 Å². The maximum absolute atomic E-state index is 11.8. The van der Waals surface area contributed by atoms with Gasteiger partial charge in [0.1, 0.15) is 0 Å². The van der Waals surface area contributed by atoms with Gasteiger partial charge in [0.15, 0.2) is 0 Å². The van der Waals surface area contributed by atoms with Crippen LogP contribution in [0.1, 0.15) is 25.8 Å². The number of rotatable bonds is 6. The van der Waals surface area contributed by atoms with E-state index >= 15 is 0 Å². The topological polar surface area (TPSA) is 67.4 Å². The molecule has 2 amide bonds. The number of ether oxygens (including phenoxy) is 1. The third-order valence-electron chi connectivity index (χ3n) is 3.11. The molecule has 0 aliphatic heterocycles. The average molecular weight is 292 g/mol. The Bertz CT molecular complexity index is 469. The molecular weight excluding hydrogens is 268 g/mol. The van der Waals surface area contributed by atoms with Crippen molar-refractivity contribution >= 4 is 17.7 Å². The Morgan fingerprint density at radius 2 is 1.81 bits per heavy atom. The van der Waals surface area contributed by atoms with E-state index in [-0.39, 0.29) is 24.5 Å². The summed E-state index contributed by atoms with van der Waals surface area (Å²) in [6, 6.07) is 7.19. The van der Waals surface area contributed by atoms with Crippen molar-refractivity contribution in [3.05, 3.63) is 29.8 Å². The highest BCUT2D eigenvalue weighted by Gasteiger charge is 2.21. The summed E-state index contributed by atoms with van der Waals surface area (Å²) in [5, 5.41) is 5.45. The van der Waals surface area contributed by atoms with Gasteiger partial charge in [0.25, 0.3) is 0 Å². The van der Waals surface area contributed by atoms with Gasteiger partial charge >= 0.3 is 12.0 Å². The Morgan fingerprint density at radius 3 is 2.33 bits per heavy atom. The van der Waals surface area contributed by atoms with E-state index in [1.54, 1.807) is 0 Å². The minimum Gasteiger partial charge on any atom is -0.469 e. The van der Waals surface area contributed by atoms with Gasteiger partial charge in [-0.1, -0.05) is 31.5 Å². The van der Waals surface area contributed by atoms with Crippen LogP contribution in [0.5, 0.6) is 0 Å². The first-order valence-electron chi connectivity index (χ1n) is 7.11. The molecular formula is C16H24N2O3. The summed E-state index contributed by atoms with van der Waals surface area (Å²) in [6.45, 7) is 6.31. The molecule has 1 unspecified atom stereocenters. The van der Waals surface area contributed by atoms with E-state index in [2.05, 4.69) is 10.6 Å². The van der Waals surface area contributed by atoms with Gasteiger partial charge in [0, 0.05) is 12.2 Å². The fraction of sp³-hybridized carbons (Fsp3) is 0.500. The predicted molar refractivity (Wildman–Crippen MR) is 83.2 cm³/mol. The Morgan fingerprint density at radius 1 is 1.19 bits per heavy atom. The highest BCUT2D eigenvalue weighted by Crippen LogP contribution is 2.13. The van der Waals surface area contributed by atoms with Gasteiger partial charge in [-0.25, -0.2) is 4.79 Å². The smallest absolute Gasteiger partial charge is 0.319 e. The van der Waals surface area contributed by atoms with Crippen molar-refractivity contribution in [2.45, 2.75) is 27.2 Å². The molecule has 0 aliphatic rings. The second-order valence-electron chi connectivity index (χ2n) is 5.55. The molecule has 1 atom stereocenters. The van der Waals surface area contributed by atoms with Crippen LogP contribution in [0.4, 0.5) is 10.5 Å². The zero-order valence-corrected chi connectivity index (χ0v) is 13.1.